The van der Waals surface area contributed by atoms with Gasteiger partial charge in [0.05, 0.1) is 6.10 Å². The summed E-state index contributed by atoms with van der Waals surface area (Å²) in [7, 11) is 0. The fourth-order valence-corrected chi connectivity index (χ4v) is 2.71. The molecule has 5 nitrogen and oxygen atoms in total. The zero-order valence-corrected chi connectivity index (χ0v) is 16.3. The van der Waals surface area contributed by atoms with E-state index < -0.39 is 0 Å². The highest BCUT2D eigenvalue weighted by molar-refractivity contribution is 6.31. The van der Waals surface area contributed by atoms with Gasteiger partial charge in [-0.2, -0.15) is 0 Å². The van der Waals surface area contributed by atoms with E-state index in [9.17, 15) is 14.7 Å². The monoisotopic (exact) mass is 378 g/mol. The number of nitrogens with one attached hydrogen (secondary N) is 1. The summed E-state index contributed by atoms with van der Waals surface area (Å²) in [4.78, 5) is 23.4. The Kier molecular flexibility index (Phi) is 8.64. The van der Waals surface area contributed by atoms with Crippen molar-refractivity contribution in [2.45, 2.75) is 46.3 Å². The zero-order chi connectivity index (χ0) is 19.7. The molecule has 0 aromatic heterocycles. The second-order valence-corrected chi connectivity index (χ2v) is 7.88. The minimum absolute atomic E-state index is 0.0463. The van der Waals surface area contributed by atoms with Crippen LogP contribution in [0.3, 0.4) is 0 Å². The molecular weight excluding hydrogens is 352 g/mol. The van der Waals surface area contributed by atoms with E-state index in [-0.39, 0.29) is 17.4 Å². The Morgan fingerprint density at radius 1 is 1.50 bits per heavy atom. The number of nitrogens with zero attached hydrogens (tertiary/aromatic N) is 1. The molecule has 0 aliphatic carbocycles. The number of rotatable bonds is 4. The number of hydrogen-bond donors (Lipinski definition) is 2. The maximum absolute atomic E-state index is 11.6. The molecule has 1 aliphatic heterocycles. The van der Waals surface area contributed by atoms with Crippen LogP contribution >= 0.6 is 11.6 Å². The maximum Gasteiger partial charge on any atom is 0.223 e. The van der Waals surface area contributed by atoms with Crippen molar-refractivity contribution < 1.29 is 14.7 Å². The van der Waals surface area contributed by atoms with Crippen LogP contribution in [0, 0.1) is 17.8 Å². The van der Waals surface area contributed by atoms with Gasteiger partial charge in [0.2, 0.25) is 12.3 Å². The minimum Gasteiger partial charge on any atom is -0.391 e. The Labute approximate surface area is 160 Å². The first-order valence-corrected chi connectivity index (χ1v) is 8.92. The molecule has 2 amide bonds. The van der Waals surface area contributed by atoms with Gasteiger partial charge in [0.1, 0.15) is 0 Å². The summed E-state index contributed by atoms with van der Waals surface area (Å²) < 4.78 is 0. The Hall–Kier alpha value is -2.03. The number of carbonyl (C=O) groups excluding carboxylic acids is 2. The van der Waals surface area contributed by atoms with E-state index in [2.05, 4.69) is 32.0 Å². The van der Waals surface area contributed by atoms with Crippen LogP contribution in [0.2, 0.25) is 5.02 Å². The lowest BCUT2D eigenvalue weighted by molar-refractivity contribution is -0.132. The average Bonchev–Trinajstić information content (AvgIpc) is 2.99. The van der Waals surface area contributed by atoms with Gasteiger partial charge in [-0.05, 0) is 29.5 Å². The highest BCUT2D eigenvalue weighted by Crippen LogP contribution is 2.21. The number of carbonyl (C=O) groups is 2. The van der Waals surface area contributed by atoms with Crippen molar-refractivity contribution >= 4 is 23.9 Å². The van der Waals surface area contributed by atoms with Crippen LogP contribution in [-0.2, 0) is 16.1 Å². The smallest absolute Gasteiger partial charge is 0.223 e. The molecule has 1 aliphatic rings. The van der Waals surface area contributed by atoms with Gasteiger partial charge in [-0.3, -0.25) is 9.59 Å². The number of halogens is 1. The standard InChI is InChI=1S/C10H8ClNO.C10H19NO2/c1-2-8-3-4-9(6-12-7-13)10(11)5-8;1-10(2,3)6-9(13)11-5-4-8(12)7-11/h1,3-5,7H,6H2,(H,12,13);8,12H,4-7H2,1-3H3. The van der Waals surface area contributed by atoms with Crippen molar-refractivity contribution in [3.63, 3.8) is 0 Å². The van der Waals surface area contributed by atoms with Crippen molar-refractivity contribution in [2.24, 2.45) is 5.41 Å². The molecule has 0 bridgehead atoms. The quantitative estimate of drug-likeness (QED) is 0.625. The van der Waals surface area contributed by atoms with E-state index in [1.165, 1.54) is 0 Å². The molecule has 142 valence electrons. The third-order valence-corrected chi connectivity index (χ3v) is 4.15. The molecule has 1 atom stereocenters. The highest BCUT2D eigenvalue weighted by atomic mass is 35.5. The molecule has 2 rings (SSSR count). The molecule has 0 saturated carbocycles. The normalized spacial score (nSPS) is 16.3. The number of hydrogen-bond acceptors (Lipinski definition) is 3. The summed E-state index contributed by atoms with van der Waals surface area (Å²) in [5, 5.41) is 12.4. The topological polar surface area (TPSA) is 69.6 Å². The predicted molar refractivity (Wildman–Crippen MR) is 104 cm³/mol. The van der Waals surface area contributed by atoms with E-state index in [1.54, 1.807) is 23.1 Å². The largest absolute Gasteiger partial charge is 0.391 e. The van der Waals surface area contributed by atoms with Gasteiger partial charge in [-0.25, -0.2) is 0 Å². The summed E-state index contributed by atoms with van der Waals surface area (Å²) in [5.41, 5.74) is 1.64. The van der Waals surface area contributed by atoms with Crippen LogP contribution in [-0.4, -0.2) is 41.5 Å². The van der Waals surface area contributed by atoms with Crippen molar-refractivity contribution in [3.05, 3.63) is 34.3 Å². The average molecular weight is 379 g/mol. The van der Waals surface area contributed by atoms with Crippen molar-refractivity contribution in [2.75, 3.05) is 13.1 Å². The third kappa shape index (κ3) is 7.90. The van der Waals surface area contributed by atoms with Crippen LogP contribution < -0.4 is 5.32 Å². The number of benzene rings is 1. The SMILES string of the molecule is C#Cc1ccc(CNC=O)c(Cl)c1.CC(C)(C)CC(=O)N1CCC(O)C1. The Morgan fingerprint density at radius 3 is 2.65 bits per heavy atom. The van der Waals surface area contributed by atoms with Gasteiger partial charge in [0.15, 0.2) is 0 Å². The van der Waals surface area contributed by atoms with Gasteiger partial charge >= 0.3 is 0 Å². The van der Waals surface area contributed by atoms with Crippen LogP contribution in [0.15, 0.2) is 18.2 Å². The molecule has 1 fully saturated rings. The predicted octanol–water partition coefficient (Wildman–Crippen LogP) is 2.58. The lowest BCUT2D eigenvalue weighted by Crippen LogP contribution is -2.32. The van der Waals surface area contributed by atoms with E-state index >= 15 is 0 Å². The Morgan fingerprint density at radius 2 is 2.19 bits per heavy atom. The minimum atomic E-state index is -0.302. The summed E-state index contributed by atoms with van der Waals surface area (Å²) >= 11 is 5.89. The van der Waals surface area contributed by atoms with Gasteiger partial charge in [-0.1, -0.05) is 44.4 Å². The van der Waals surface area contributed by atoms with E-state index in [1.807, 2.05) is 0 Å². The summed E-state index contributed by atoms with van der Waals surface area (Å²) in [6.07, 6.45) is 6.82. The number of amides is 2. The van der Waals surface area contributed by atoms with Crippen LogP contribution in [0.1, 0.15) is 44.7 Å². The molecule has 26 heavy (non-hydrogen) atoms. The van der Waals surface area contributed by atoms with E-state index in [4.69, 9.17) is 18.0 Å². The molecule has 1 aromatic rings. The van der Waals surface area contributed by atoms with Crippen molar-refractivity contribution in [1.29, 1.82) is 0 Å². The fraction of sp³-hybridized carbons (Fsp3) is 0.500. The Balaban J connectivity index is 0.000000260. The molecule has 0 radical (unpaired) electrons. The number of aliphatic hydroxyl groups is 1. The first kappa shape index (κ1) is 22.0. The molecule has 1 saturated heterocycles. The third-order valence-electron chi connectivity index (χ3n) is 3.79. The number of β-amino-alcohol motifs (C(OH)–C–C–N with tert-alkyl or cyclic N) is 1. The summed E-state index contributed by atoms with van der Waals surface area (Å²) in [5.74, 6) is 2.65. The van der Waals surface area contributed by atoms with Crippen molar-refractivity contribution in [1.82, 2.24) is 10.2 Å². The second-order valence-electron chi connectivity index (χ2n) is 7.47. The maximum atomic E-state index is 11.6. The molecule has 2 N–H and O–H groups in total. The molecule has 1 heterocycles. The lowest BCUT2D eigenvalue weighted by Gasteiger charge is -2.22. The molecule has 6 heteroatoms. The van der Waals surface area contributed by atoms with Gasteiger partial charge < -0.3 is 15.3 Å². The zero-order valence-electron chi connectivity index (χ0n) is 15.6. The molecule has 1 aromatic carbocycles. The highest BCUT2D eigenvalue weighted by Gasteiger charge is 2.27. The van der Waals surface area contributed by atoms with E-state index in [0.717, 1.165) is 24.1 Å². The number of terminal acetylenes is 1. The van der Waals surface area contributed by atoms with Crippen LogP contribution in [0.25, 0.3) is 0 Å². The first-order chi connectivity index (χ1) is 12.2. The fourth-order valence-electron chi connectivity index (χ4n) is 2.47. The molecule has 1 unspecified atom stereocenters. The van der Waals surface area contributed by atoms with Crippen LogP contribution in [0.4, 0.5) is 0 Å². The van der Waals surface area contributed by atoms with Gasteiger partial charge in [-0.15, -0.1) is 6.42 Å². The molecular formula is C20H27ClN2O3. The van der Waals surface area contributed by atoms with E-state index in [0.29, 0.717) is 30.9 Å². The van der Waals surface area contributed by atoms with Crippen molar-refractivity contribution in [3.8, 4) is 12.3 Å². The van der Waals surface area contributed by atoms with Gasteiger partial charge in [0, 0.05) is 36.6 Å². The Bertz CT molecular complexity index is 662. The number of aliphatic hydroxyl groups excluding tert-OH is 1. The summed E-state index contributed by atoms with van der Waals surface area (Å²) in [6, 6.07) is 5.28. The second kappa shape index (κ2) is 10.2. The first-order valence-electron chi connectivity index (χ1n) is 8.54. The lowest BCUT2D eigenvalue weighted by atomic mass is 9.92. The number of likely N-dealkylation sites (tertiary alicyclic amines) is 1. The summed E-state index contributed by atoms with van der Waals surface area (Å²) in [6.45, 7) is 7.82. The molecule has 0 spiro atoms. The van der Waals surface area contributed by atoms with Gasteiger partial charge in [0.25, 0.3) is 0 Å². The van der Waals surface area contributed by atoms with Crippen LogP contribution in [0.5, 0.6) is 0 Å².